The van der Waals surface area contributed by atoms with E-state index in [4.69, 9.17) is 0 Å². The van der Waals surface area contributed by atoms with Gasteiger partial charge in [-0.15, -0.1) is 0 Å². The molecule has 0 unspecified atom stereocenters. The van der Waals surface area contributed by atoms with E-state index in [1.165, 1.54) is 5.56 Å². The molecule has 0 aliphatic heterocycles. The first-order valence-corrected chi connectivity index (χ1v) is 7.97. The largest absolute Gasteiger partial charge is 0.356 e. The van der Waals surface area contributed by atoms with Gasteiger partial charge in [0.05, 0.1) is 0 Å². The van der Waals surface area contributed by atoms with Gasteiger partial charge >= 0.3 is 0 Å². The molecule has 0 bridgehead atoms. The maximum Gasteiger partial charge on any atom is 0.220 e. The van der Waals surface area contributed by atoms with Crippen LogP contribution >= 0.6 is 0 Å². The first-order chi connectivity index (χ1) is 11.1. The molecule has 3 heteroatoms. The molecule has 0 saturated carbocycles. The van der Waals surface area contributed by atoms with E-state index in [9.17, 15) is 9.59 Å². The molecule has 1 N–H and O–H groups in total. The molecule has 3 nitrogen and oxygen atoms in total. The summed E-state index contributed by atoms with van der Waals surface area (Å²) < 4.78 is 0. The van der Waals surface area contributed by atoms with Gasteiger partial charge in [-0.3, -0.25) is 9.59 Å². The predicted molar refractivity (Wildman–Crippen MR) is 92.6 cm³/mol. The average Bonchev–Trinajstić information content (AvgIpc) is 2.56. The minimum atomic E-state index is -0.0698. The van der Waals surface area contributed by atoms with Crippen molar-refractivity contribution < 1.29 is 9.59 Å². The SMILES string of the molecule is Cc1ccc(C)c(C(=O)CCC(=O)NCCc2ccccc2)c1. The van der Waals surface area contributed by atoms with E-state index in [1.54, 1.807) is 0 Å². The maximum absolute atomic E-state index is 12.2. The van der Waals surface area contributed by atoms with Crippen molar-refractivity contribution in [1.29, 1.82) is 0 Å². The van der Waals surface area contributed by atoms with Crippen LogP contribution in [-0.4, -0.2) is 18.2 Å². The lowest BCUT2D eigenvalue weighted by Crippen LogP contribution is -2.26. The number of hydrogen-bond donors (Lipinski definition) is 1. The zero-order chi connectivity index (χ0) is 16.7. The van der Waals surface area contributed by atoms with Crippen molar-refractivity contribution in [2.24, 2.45) is 0 Å². The number of rotatable bonds is 7. The Kier molecular flexibility index (Phi) is 6.10. The summed E-state index contributed by atoms with van der Waals surface area (Å²) in [6, 6.07) is 15.9. The average molecular weight is 309 g/mol. The number of benzene rings is 2. The van der Waals surface area contributed by atoms with Crippen LogP contribution in [0.5, 0.6) is 0 Å². The Morgan fingerprint density at radius 1 is 0.957 bits per heavy atom. The van der Waals surface area contributed by atoms with Crippen LogP contribution in [-0.2, 0) is 11.2 Å². The van der Waals surface area contributed by atoms with E-state index in [1.807, 2.05) is 62.4 Å². The van der Waals surface area contributed by atoms with Crippen molar-refractivity contribution >= 4 is 11.7 Å². The van der Waals surface area contributed by atoms with E-state index < -0.39 is 0 Å². The normalized spacial score (nSPS) is 10.3. The molecule has 0 aromatic heterocycles. The Hall–Kier alpha value is -2.42. The van der Waals surface area contributed by atoms with Gasteiger partial charge in [0.15, 0.2) is 5.78 Å². The minimum absolute atomic E-state index is 0.0319. The van der Waals surface area contributed by atoms with E-state index in [-0.39, 0.29) is 24.5 Å². The summed E-state index contributed by atoms with van der Waals surface area (Å²) >= 11 is 0. The van der Waals surface area contributed by atoms with E-state index in [0.29, 0.717) is 6.54 Å². The van der Waals surface area contributed by atoms with Gasteiger partial charge in [-0.2, -0.15) is 0 Å². The molecule has 1 amide bonds. The van der Waals surface area contributed by atoms with Gasteiger partial charge < -0.3 is 5.32 Å². The summed E-state index contributed by atoms with van der Waals surface area (Å²) in [5, 5.41) is 2.87. The summed E-state index contributed by atoms with van der Waals surface area (Å²) in [5.74, 6) is -0.0380. The molecular formula is C20H23NO2. The van der Waals surface area contributed by atoms with Gasteiger partial charge in [-0.1, -0.05) is 48.0 Å². The Morgan fingerprint density at radius 2 is 1.70 bits per heavy atom. The summed E-state index contributed by atoms with van der Waals surface area (Å²) in [6.45, 7) is 4.49. The second kappa shape index (κ2) is 8.28. The third kappa shape index (κ3) is 5.37. The highest BCUT2D eigenvalue weighted by atomic mass is 16.2. The molecule has 2 rings (SSSR count). The number of amides is 1. The topological polar surface area (TPSA) is 46.2 Å². The number of hydrogen-bond acceptors (Lipinski definition) is 2. The first kappa shape index (κ1) is 16.9. The number of Topliss-reactive ketones (excluding diaryl/α,β-unsaturated/α-hetero) is 1. The van der Waals surface area contributed by atoms with Gasteiger partial charge in [0.2, 0.25) is 5.91 Å². The Morgan fingerprint density at radius 3 is 2.43 bits per heavy atom. The number of nitrogens with one attached hydrogen (secondary N) is 1. The highest BCUT2D eigenvalue weighted by Crippen LogP contribution is 2.13. The van der Waals surface area contributed by atoms with Crippen molar-refractivity contribution in [1.82, 2.24) is 5.32 Å². The fraction of sp³-hybridized carbons (Fsp3) is 0.300. The maximum atomic E-state index is 12.2. The van der Waals surface area contributed by atoms with Crippen LogP contribution in [0.3, 0.4) is 0 Å². The van der Waals surface area contributed by atoms with Crippen molar-refractivity contribution in [2.75, 3.05) is 6.54 Å². The zero-order valence-electron chi connectivity index (χ0n) is 13.8. The van der Waals surface area contributed by atoms with Gasteiger partial charge in [-0.05, 0) is 37.5 Å². The first-order valence-electron chi connectivity index (χ1n) is 7.97. The standard InChI is InChI=1S/C20H23NO2/c1-15-8-9-16(2)18(14-15)19(22)10-11-20(23)21-13-12-17-6-4-3-5-7-17/h3-9,14H,10-13H2,1-2H3,(H,21,23). The zero-order valence-corrected chi connectivity index (χ0v) is 13.8. The molecule has 23 heavy (non-hydrogen) atoms. The van der Waals surface area contributed by atoms with Crippen LogP contribution in [0.2, 0.25) is 0 Å². The fourth-order valence-electron chi connectivity index (χ4n) is 2.48. The summed E-state index contributed by atoms with van der Waals surface area (Å²) in [5.41, 5.74) is 3.94. The van der Waals surface area contributed by atoms with E-state index >= 15 is 0 Å². The lowest BCUT2D eigenvalue weighted by atomic mass is 9.99. The number of aryl methyl sites for hydroxylation is 2. The van der Waals surface area contributed by atoms with Crippen LogP contribution in [0.15, 0.2) is 48.5 Å². The summed E-state index contributed by atoms with van der Waals surface area (Å²) in [7, 11) is 0. The fourth-order valence-corrected chi connectivity index (χ4v) is 2.48. The number of ketones is 1. The molecule has 0 aliphatic rings. The van der Waals surface area contributed by atoms with Crippen molar-refractivity contribution in [3.63, 3.8) is 0 Å². The number of carbonyl (C=O) groups excluding carboxylic acids is 2. The lowest BCUT2D eigenvalue weighted by Gasteiger charge is -2.07. The van der Waals surface area contributed by atoms with Crippen molar-refractivity contribution in [3.8, 4) is 0 Å². The highest BCUT2D eigenvalue weighted by molar-refractivity contribution is 5.99. The molecule has 0 radical (unpaired) electrons. The van der Waals surface area contributed by atoms with Crippen molar-refractivity contribution in [2.45, 2.75) is 33.1 Å². The smallest absolute Gasteiger partial charge is 0.220 e. The van der Waals surface area contributed by atoms with Crippen LogP contribution in [0.4, 0.5) is 0 Å². The second-order valence-corrected chi connectivity index (χ2v) is 5.83. The molecule has 120 valence electrons. The predicted octanol–water partition coefficient (Wildman–Crippen LogP) is 3.63. The molecule has 2 aromatic rings. The quantitative estimate of drug-likeness (QED) is 0.794. The van der Waals surface area contributed by atoms with Crippen LogP contribution < -0.4 is 5.32 Å². The molecule has 0 spiro atoms. The Labute approximate surface area is 137 Å². The Balaban J connectivity index is 1.75. The third-order valence-electron chi connectivity index (χ3n) is 3.85. The second-order valence-electron chi connectivity index (χ2n) is 5.83. The monoisotopic (exact) mass is 309 g/mol. The molecule has 0 heterocycles. The van der Waals surface area contributed by atoms with Gasteiger partial charge in [-0.25, -0.2) is 0 Å². The molecule has 0 saturated heterocycles. The summed E-state index contributed by atoms with van der Waals surface area (Å²) in [6.07, 6.45) is 1.29. The number of carbonyl (C=O) groups is 2. The van der Waals surface area contributed by atoms with E-state index in [0.717, 1.165) is 23.1 Å². The van der Waals surface area contributed by atoms with E-state index in [2.05, 4.69) is 5.32 Å². The molecule has 0 atom stereocenters. The molecular weight excluding hydrogens is 286 g/mol. The van der Waals surface area contributed by atoms with Crippen LogP contribution in [0, 0.1) is 13.8 Å². The lowest BCUT2D eigenvalue weighted by molar-refractivity contribution is -0.121. The van der Waals surface area contributed by atoms with Crippen LogP contribution in [0.25, 0.3) is 0 Å². The highest BCUT2D eigenvalue weighted by Gasteiger charge is 2.11. The van der Waals surface area contributed by atoms with Gasteiger partial charge in [0, 0.05) is 24.9 Å². The van der Waals surface area contributed by atoms with Gasteiger partial charge in [0.25, 0.3) is 0 Å². The molecule has 2 aromatic carbocycles. The minimum Gasteiger partial charge on any atom is -0.356 e. The Bertz CT molecular complexity index is 677. The molecule has 0 fully saturated rings. The van der Waals surface area contributed by atoms with Crippen molar-refractivity contribution in [3.05, 3.63) is 70.8 Å². The summed E-state index contributed by atoms with van der Waals surface area (Å²) in [4.78, 5) is 24.1. The van der Waals surface area contributed by atoms with Gasteiger partial charge in [0.1, 0.15) is 0 Å². The third-order valence-corrected chi connectivity index (χ3v) is 3.85. The molecule has 0 aliphatic carbocycles. The van der Waals surface area contributed by atoms with Crippen LogP contribution in [0.1, 0.15) is 39.9 Å².